The van der Waals surface area contributed by atoms with Crippen LogP contribution in [0.25, 0.3) is 0 Å². The Morgan fingerprint density at radius 1 is 0.917 bits per heavy atom. The van der Waals surface area contributed by atoms with Crippen LogP contribution in [0.3, 0.4) is 0 Å². The van der Waals surface area contributed by atoms with Crippen LogP contribution in [-0.2, 0) is 13.0 Å². The molecular formula is C20H44N4. The predicted molar refractivity (Wildman–Crippen MR) is 110 cm³/mol. The Kier molecular flexibility index (Phi) is 28.2. The third kappa shape index (κ3) is 19.1. The van der Waals surface area contributed by atoms with Crippen molar-refractivity contribution in [2.45, 2.75) is 74.3 Å². The van der Waals surface area contributed by atoms with Crippen molar-refractivity contribution < 1.29 is 0 Å². The summed E-state index contributed by atoms with van der Waals surface area (Å²) in [5.41, 5.74) is 12.9. The molecule has 0 aliphatic rings. The maximum Gasteiger partial charge on any atom is 0.0542 e. The molecule has 0 aliphatic heterocycles. The third-order valence-electron chi connectivity index (χ3n) is 2.87. The topological polar surface area (TPSA) is 68.2 Å². The zero-order chi connectivity index (χ0) is 19.2. The molecule has 144 valence electrons. The van der Waals surface area contributed by atoms with Gasteiger partial charge in [0.1, 0.15) is 0 Å². The van der Waals surface area contributed by atoms with Crippen LogP contribution in [0, 0.1) is 0 Å². The van der Waals surface area contributed by atoms with Gasteiger partial charge in [-0.2, -0.15) is 0 Å². The van der Waals surface area contributed by atoms with Crippen LogP contribution >= 0.6 is 0 Å². The van der Waals surface area contributed by atoms with Crippen LogP contribution in [0.2, 0.25) is 0 Å². The molecule has 0 bridgehead atoms. The fraction of sp³-hybridized carbons (Fsp3) is 0.750. The number of nitrogens with two attached hydrogens (primary N) is 2. The Hall–Kier alpha value is -0.970. The van der Waals surface area contributed by atoms with E-state index >= 15 is 0 Å². The number of rotatable bonds is 7. The molecule has 4 N–H and O–H groups in total. The first-order chi connectivity index (χ1) is 11.6. The fourth-order valence-corrected chi connectivity index (χ4v) is 1.77. The standard InChI is InChI=1S/C8H12N2.C7H18N2.C3H8.C2H6/c1-2-7-4-3-5-8(6-9)10-7;1-3-6-9(4-2)7-5-8;1-3-2;1-2/h3-5H,2,6,9H2,1H3;3-8H2,1-2H3;3H2,1-2H3;1-2H3. The summed E-state index contributed by atoms with van der Waals surface area (Å²) in [6.07, 6.45) is 3.46. The molecule has 24 heavy (non-hydrogen) atoms. The first-order valence-electron chi connectivity index (χ1n) is 9.70. The monoisotopic (exact) mass is 340 g/mol. The molecule has 1 heterocycles. The van der Waals surface area contributed by atoms with E-state index in [9.17, 15) is 0 Å². The Bertz CT molecular complexity index is 304. The van der Waals surface area contributed by atoms with Crippen LogP contribution in [-0.4, -0.2) is 36.1 Å². The molecular weight excluding hydrogens is 296 g/mol. The van der Waals surface area contributed by atoms with Crippen molar-refractivity contribution in [2.24, 2.45) is 11.5 Å². The average molecular weight is 341 g/mol. The average Bonchev–Trinajstić information content (AvgIpc) is 2.64. The Morgan fingerprint density at radius 3 is 1.83 bits per heavy atom. The quantitative estimate of drug-likeness (QED) is 0.779. The highest BCUT2D eigenvalue weighted by atomic mass is 15.1. The number of likely N-dealkylation sites (N-methyl/N-ethyl adjacent to an activating group) is 1. The molecule has 0 atom stereocenters. The molecule has 0 unspecified atom stereocenters. The van der Waals surface area contributed by atoms with E-state index in [4.69, 9.17) is 11.5 Å². The van der Waals surface area contributed by atoms with Crippen molar-refractivity contribution in [3.63, 3.8) is 0 Å². The molecule has 4 nitrogen and oxygen atoms in total. The zero-order valence-corrected chi connectivity index (χ0v) is 17.4. The molecule has 0 amide bonds. The molecule has 0 aliphatic carbocycles. The predicted octanol–water partition coefficient (Wildman–Crippen LogP) is 4.22. The molecule has 0 fully saturated rings. The molecule has 1 aromatic heterocycles. The van der Waals surface area contributed by atoms with Gasteiger partial charge in [0.15, 0.2) is 0 Å². The summed E-state index contributed by atoms with van der Waals surface area (Å²) in [6, 6.07) is 5.95. The molecule has 4 heteroatoms. The molecule has 0 aromatic carbocycles. The lowest BCUT2D eigenvalue weighted by Crippen LogP contribution is -2.29. The van der Waals surface area contributed by atoms with Crippen molar-refractivity contribution in [3.05, 3.63) is 29.6 Å². The molecule has 1 rings (SSSR count). The summed E-state index contributed by atoms with van der Waals surface area (Å²) < 4.78 is 0. The first kappa shape index (κ1) is 27.9. The summed E-state index contributed by atoms with van der Waals surface area (Å²) in [4.78, 5) is 6.65. The Morgan fingerprint density at radius 2 is 1.46 bits per heavy atom. The number of hydrogen-bond donors (Lipinski definition) is 2. The minimum atomic E-state index is 0.536. The smallest absolute Gasteiger partial charge is 0.0542 e. The maximum absolute atomic E-state index is 5.41. The van der Waals surface area contributed by atoms with Crippen LogP contribution < -0.4 is 11.5 Å². The van der Waals surface area contributed by atoms with Gasteiger partial charge in [-0.05, 0) is 38.1 Å². The number of aromatic nitrogens is 1. The van der Waals surface area contributed by atoms with Crippen molar-refractivity contribution in [3.8, 4) is 0 Å². The highest BCUT2D eigenvalue weighted by Crippen LogP contribution is 1.98. The number of pyridine rings is 1. The molecule has 0 saturated heterocycles. The summed E-state index contributed by atoms with van der Waals surface area (Å²) in [5, 5.41) is 0. The van der Waals surface area contributed by atoms with Gasteiger partial charge >= 0.3 is 0 Å². The molecule has 0 saturated carbocycles. The summed E-state index contributed by atoms with van der Waals surface area (Å²) in [5.74, 6) is 0. The van der Waals surface area contributed by atoms with E-state index in [1.165, 1.54) is 19.4 Å². The molecule has 1 aromatic rings. The van der Waals surface area contributed by atoms with Gasteiger partial charge in [-0.1, -0.05) is 61.0 Å². The largest absolute Gasteiger partial charge is 0.329 e. The number of hydrogen-bond acceptors (Lipinski definition) is 4. The van der Waals surface area contributed by atoms with E-state index in [1.807, 2.05) is 32.0 Å². The van der Waals surface area contributed by atoms with Gasteiger partial charge in [-0.25, -0.2) is 0 Å². The van der Waals surface area contributed by atoms with Gasteiger partial charge in [0, 0.05) is 25.3 Å². The van der Waals surface area contributed by atoms with E-state index in [0.717, 1.165) is 37.4 Å². The van der Waals surface area contributed by atoms with Crippen LogP contribution in [0.15, 0.2) is 18.2 Å². The van der Waals surface area contributed by atoms with Crippen LogP contribution in [0.4, 0.5) is 0 Å². The van der Waals surface area contributed by atoms with E-state index in [0.29, 0.717) is 6.54 Å². The van der Waals surface area contributed by atoms with E-state index < -0.39 is 0 Å². The minimum Gasteiger partial charge on any atom is -0.329 e. The third-order valence-corrected chi connectivity index (χ3v) is 2.87. The van der Waals surface area contributed by atoms with E-state index in [-0.39, 0.29) is 0 Å². The van der Waals surface area contributed by atoms with Gasteiger partial charge in [0.25, 0.3) is 0 Å². The lowest BCUT2D eigenvalue weighted by Gasteiger charge is -2.17. The second-order valence-corrected chi connectivity index (χ2v) is 5.11. The SMILES string of the molecule is CC.CCC.CCCN(CC)CCN.CCc1cccc(CN)n1. The zero-order valence-electron chi connectivity index (χ0n) is 17.4. The number of aryl methyl sites for hydroxylation is 1. The van der Waals surface area contributed by atoms with Crippen molar-refractivity contribution in [2.75, 3.05) is 26.2 Å². The van der Waals surface area contributed by atoms with Gasteiger partial charge in [-0.15, -0.1) is 0 Å². The first-order valence-corrected chi connectivity index (χ1v) is 9.70. The van der Waals surface area contributed by atoms with Gasteiger partial charge in [0.2, 0.25) is 0 Å². The molecule has 0 spiro atoms. The highest BCUT2D eigenvalue weighted by molar-refractivity contribution is 5.10. The Balaban J connectivity index is -0.000000292. The Labute approximate surface area is 152 Å². The van der Waals surface area contributed by atoms with Crippen LogP contribution in [0.5, 0.6) is 0 Å². The van der Waals surface area contributed by atoms with Crippen molar-refractivity contribution in [1.82, 2.24) is 9.88 Å². The van der Waals surface area contributed by atoms with Crippen LogP contribution in [0.1, 0.15) is 72.7 Å². The van der Waals surface area contributed by atoms with E-state index in [2.05, 4.69) is 44.5 Å². The highest BCUT2D eigenvalue weighted by Gasteiger charge is 1.96. The minimum absolute atomic E-state index is 0.536. The summed E-state index contributed by atoms with van der Waals surface area (Å²) in [6.45, 7) is 19.4. The second kappa shape index (κ2) is 24.3. The lowest BCUT2D eigenvalue weighted by molar-refractivity contribution is 0.297. The van der Waals surface area contributed by atoms with E-state index in [1.54, 1.807) is 0 Å². The summed E-state index contributed by atoms with van der Waals surface area (Å²) >= 11 is 0. The maximum atomic E-state index is 5.41. The van der Waals surface area contributed by atoms with Gasteiger partial charge in [-0.3, -0.25) is 4.98 Å². The molecule has 0 radical (unpaired) electrons. The van der Waals surface area contributed by atoms with Gasteiger partial charge in [0.05, 0.1) is 5.69 Å². The normalized spacial score (nSPS) is 9.08. The van der Waals surface area contributed by atoms with Gasteiger partial charge < -0.3 is 16.4 Å². The van der Waals surface area contributed by atoms with Crippen molar-refractivity contribution >= 4 is 0 Å². The number of nitrogens with zero attached hydrogens (tertiary/aromatic N) is 2. The van der Waals surface area contributed by atoms with Crippen molar-refractivity contribution in [1.29, 1.82) is 0 Å². The summed E-state index contributed by atoms with van der Waals surface area (Å²) in [7, 11) is 0. The fourth-order valence-electron chi connectivity index (χ4n) is 1.77. The lowest BCUT2D eigenvalue weighted by atomic mass is 10.2. The second-order valence-electron chi connectivity index (χ2n) is 5.11.